The topological polar surface area (TPSA) is 48.1 Å². The van der Waals surface area contributed by atoms with Crippen LogP contribution in [0.1, 0.15) is 35.0 Å². The molecule has 19 heavy (non-hydrogen) atoms. The van der Waals surface area contributed by atoms with Crippen molar-refractivity contribution in [1.82, 2.24) is 4.98 Å². The molecule has 1 aromatic carbocycles. The molecule has 102 valence electrons. The zero-order chi connectivity index (χ0) is 13.7. The zero-order valence-corrected chi connectivity index (χ0v) is 12.3. The maximum absolute atomic E-state index is 5.83. The number of benzene rings is 1. The van der Waals surface area contributed by atoms with E-state index in [0.717, 1.165) is 25.0 Å². The first-order valence-electron chi connectivity index (χ1n) is 6.53. The molecule has 2 rings (SSSR count). The van der Waals surface area contributed by atoms with E-state index in [9.17, 15) is 0 Å². The molecule has 0 spiro atoms. The third-order valence-corrected chi connectivity index (χ3v) is 3.88. The van der Waals surface area contributed by atoms with Crippen LogP contribution in [0.3, 0.4) is 0 Å². The molecule has 0 aliphatic rings. The van der Waals surface area contributed by atoms with E-state index in [1.165, 1.54) is 16.0 Å². The van der Waals surface area contributed by atoms with Gasteiger partial charge in [0, 0.05) is 18.4 Å². The number of rotatable bonds is 6. The van der Waals surface area contributed by atoms with Gasteiger partial charge in [0.05, 0.1) is 12.3 Å². The van der Waals surface area contributed by atoms with E-state index in [2.05, 4.69) is 36.2 Å². The lowest BCUT2D eigenvalue weighted by Gasteiger charge is -2.05. The van der Waals surface area contributed by atoms with Gasteiger partial charge in [-0.25, -0.2) is 4.98 Å². The molecule has 0 atom stereocenters. The zero-order valence-electron chi connectivity index (χ0n) is 11.5. The highest BCUT2D eigenvalue weighted by Crippen LogP contribution is 2.25. The quantitative estimate of drug-likeness (QED) is 0.879. The summed E-state index contributed by atoms with van der Waals surface area (Å²) < 4.78 is 5.17. The standard InChI is InChI=1S/C15H20N2OS/c1-3-5-13-14(19-15(16)17-13)9-11-6-4-7-12(8-11)10-18-2/h4,6-8H,3,5,9-10H2,1-2H3,(H2,16,17). The van der Waals surface area contributed by atoms with Crippen LogP contribution in [0.2, 0.25) is 0 Å². The van der Waals surface area contributed by atoms with E-state index in [1.54, 1.807) is 18.4 Å². The van der Waals surface area contributed by atoms with Gasteiger partial charge in [0.15, 0.2) is 5.13 Å². The molecule has 0 fully saturated rings. The average Bonchev–Trinajstić information content (AvgIpc) is 2.71. The third-order valence-electron chi connectivity index (χ3n) is 2.95. The molecule has 4 heteroatoms. The van der Waals surface area contributed by atoms with E-state index in [-0.39, 0.29) is 0 Å². The van der Waals surface area contributed by atoms with Crippen molar-refractivity contribution in [3.63, 3.8) is 0 Å². The van der Waals surface area contributed by atoms with Crippen LogP contribution in [-0.4, -0.2) is 12.1 Å². The van der Waals surface area contributed by atoms with Crippen molar-refractivity contribution in [1.29, 1.82) is 0 Å². The van der Waals surface area contributed by atoms with Crippen LogP contribution in [-0.2, 0) is 24.2 Å². The predicted molar refractivity (Wildman–Crippen MR) is 80.5 cm³/mol. The lowest BCUT2D eigenvalue weighted by atomic mass is 10.1. The van der Waals surface area contributed by atoms with Crippen molar-refractivity contribution in [2.75, 3.05) is 12.8 Å². The number of hydrogen-bond acceptors (Lipinski definition) is 4. The van der Waals surface area contributed by atoms with Gasteiger partial charge in [0.1, 0.15) is 0 Å². The monoisotopic (exact) mass is 276 g/mol. The van der Waals surface area contributed by atoms with Crippen LogP contribution in [0.4, 0.5) is 5.13 Å². The highest BCUT2D eigenvalue weighted by atomic mass is 32.1. The number of nitrogens with zero attached hydrogens (tertiary/aromatic N) is 1. The normalized spacial score (nSPS) is 10.8. The van der Waals surface area contributed by atoms with Crippen LogP contribution < -0.4 is 5.73 Å². The first-order valence-corrected chi connectivity index (χ1v) is 7.35. The van der Waals surface area contributed by atoms with Gasteiger partial charge < -0.3 is 10.5 Å². The summed E-state index contributed by atoms with van der Waals surface area (Å²) in [6, 6.07) is 8.49. The van der Waals surface area contributed by atoms with Crippen LogP contribution in [0.15, 0.2) is 24.3 Å². The van der Waals surface area contributed by atoms with Gasteiger partial charge in [-0.15, -0.1) is 11.3 Å². The SMILES string of the molecule is CCCc1nc(N)sc1Cc1cccc(COC)c1. The Balaban J connectivity index is 2.18. The second kappa shape index (κ2) is 6.68. The number of hydrogen-bond donors (Lipinski definition) is 1. The van der Waals surface area contributed by atoms with E-state index < -0.39 is 0 Å². The Morgan fingerprint density at radius 1 is 1.32 bits per heavy atom. The van der Waals surface area contributed by atoms with Gasteiger partial charge in [0.2, 0.25) is 0 Å². The lowest BCUT2D eigenvalue weighted by Crippen LogP contribution is -1.94. The Labute approximate surface area is 118 Å². The van der Waals surface area contributed by atoms with Crippen molar-refractivity contribution >= 4 is 16.5 Å². The highest BCUT2D eigenvalue weighted by Gasteiger charge is 2.09. The Morgan fingerprint density at radius 3 is 2.84 bits per heavy atom. The fraction of sp³-hybridized carbons (Fsp3) is 0.400. The van der Waals surface area contributed by atoms with Gasteiger partial charge in [-0.05, 0) is 17.5 Å². The highest BCUT2D eigenvalue weighted by molar-refractivity contribution is 7.15. The number of methoxy groups -OCH3 is 1. The maximum Gasteiger partial charge on any atom is 0.180 e. The van der Waals surface area contributed by atoms with Crippen LogP contribution in [0.25, 0.3) is 0 Å². The molecule has 1 aromatic heterocycles. The third kappa shape index (κ3) is 3.78. The number of nitrogens with two attached hydrogens (primary N) is 1. The molecule has 0 bridgehead atoms. The average molecular weight is 276 g/mol. The molecule has 0 saturated heterocycles. The van der Waals surface area contributed by atoms with Gasteiger partial charge in [-0.1, -0.05) is 37.6 Å². The van der Waals surface area contributed by atoms with E-state index in [1.807, 2.05) is 0 Å². The molecule has 0 aliphatic carbocycles. The molecule has 1 heterocycles. The van der Waals surface area contributed by atoms with Gasteiger partial charge in [-0.2, -0.15) is 0 Å². The second-order valence-electron chi connectivity index (χ2n) is 4.60. The van der Waals surface area contributed by atoms with Crippen molar-refractivity contribution in [3.8, 4) is 0 Å². The smallest absolute Gasteiger partial charge is 0.180 e. The molecular formula is C15H20N2OS. The van der Waals surface area contributed by atoms with Crippen LogP contribution >= 0.6 is 11.3 Å². The summed E-state index contributed by atoms with van der Waals surface area (Å²) in [6.45, 7) is 2.82. The Bertz CT molecular complexity index is 537. The van der Waals surface area contributed by atoms with Crippen LogP contribution in [0.5, 0.6) is 0 Å². The number of ether oxygens (including phenoxy) is 1. The number of aryl methyl sites for hydroxylation is 1. The summed E-state index contributed by atoms with van der Waals surface area (Å²) in [6.07, 6.45) is 3.00. The largest absolute Gasteiger partial charge is 0.380 e. The van der Waals surface area contributed by atoms with E-state index in [0.29, 0.717) is 11.7 Å². The summed E-state index contributed by atoms with van der Waals surface area (Å²) in [4.78, 5) is 5.71. The van der Waals surface area contributed by atoms with Gasteiger partial charge >= 0.3 is 0 Å². The van der Waals surface area contributed by atoms with Crippen molar-refractivity contribution in [3.05, 3.63) is 46.0 Å². The Morgan fingerprint density at radius 2 is 2.11 bits per heavy atom. The van der Waals surface area contributed by atoms with E-state index in [4.69, 9.17) is 10.5 Å². The Hall–Kier alpha value is -1.39. The number of nitrogen functional groups attached to an aromatic ring is 1. The number of aromatic nitrogens is 1. The van der Waals surface area contributed by atoms with Gasteiger partial charge in [0.25, 0.3) is 0 Å². The van der Waals surface area contributed by atoms with Crippen LogP contribution in [0, 0.1) is 0 Å². The summed E-state index contributed by atoms with van der Waals surface area (Å²) in [7, 11) is 1.72. The van der Waals surface area contributed by atoms with E-state index >= 15 is 0 Å². The minimum atomic E-state index is 0.653. The summed E-state index contributed by atoms with van der Waals surface area (Å²) in [5, 5.41) is 0.673. The number of thiazole rings is 1. The molecule has 0 unspecified atom stereocenters. The molecule has 3 nitrogen and oxygen atoms in total. The summed E-state index contributed by atoms with van der Waals surface area (Å²) >= 11 is 1.60. The first-order chi connectivity index (χ1) is 9.22. The molecular weight excluding hydrogens is 256 g/mol. The summed E-state index contributed by atoms with van der Waals surface area (Å²) in [5.41, 5.74) is 9.47. The fourth-order valence-corrected chi connectivity index (χ4v) is 3.07. The molecule has 0 radical (unpaired) electrons. The first kappa shape index (κ1) is 14.0. The van der Waals surface area contributed by atoms with Crippen molar-refractivity contribution in [2.24, 2.45) is 0 Å². The molecule has 0 saturated carbocycles. The number of anilines is 1. The fourth-order valence-electron chi connectivity index (χ4n) is 2.16. The summed E-state index contributed by atoms with van der Waals surface area (Å²) in [5.74, 6) is 0. The van der Waals surface area contributed by atoms with Crippen molar-refractivity contribution in [2.45, 2.75) is 32.8 Å². The molecule has 0 aliphatic heterocycles. The lowest BCUT2D eigenvalue weighted by molar-refractivity contribution is 0.185. The maximum atomic E-state index is 5.83. The molecule has 2 N–H and O–H groups in total. The Kier molecular flexibility index (Phi) is 4.93. The van der Waals surface area contributed by atoms with Gasteiger partial charge in [-0.3, -0.25) is 0 Å². The van der Waals surface area contributed by atoms with Crippen molar-refractivity contribution < 1.29 is 4.74 Å². The molecule has 0 amide bonds. The minimum absolute atomic E-state index is 0.653. The minimum Gasteiger partial charge on any atom is -0.380 e. The molecule has 2 aromatic rings. The predicted octanol–water partition coefficient (Wildman–Crippen LogP) is 3.42. The second-order valence-corrected chi connectivity index (χ2v) is 5.72.